The number of carbonyl (C=O) groups excluding carboxylic acids is 1. The molecule has 4 rings (SSSR count). The van der Waals surface area contributed by atoms with Gasteiger partial charge in [0.2, 0.25) is 0 Å². The molecule has 1 aliphatic heterocycles. The van der Waals surface area contributed by atoms with Crippen LogP contribution >= 0.6 is 0 Å². The van der Waals surface area contributed by atoms with Gasteiger partial charge in [-0.3, -0.25) is 9.69 Å². The summed E-state index contributed by atoms with van der Waals surface area (Å²) >= 11 is 0. The minimum absolute atomic E-state index is 0.0396. The number of halogens is 9. The average molecular weight is 699 g/mol. The number of alkyl halides is 9. The maximum Gasteiger partial charge on any atom is 0.573 e. The minimum atomic E-state index is -5.13. The smallest absolute Gasteiger partial charge is 0.481 e. The third kappa shape index (κ3) is 9.40. The van der Waals surface area contributed by atoms with Crippen LogP contribution < -0.4 is 9.64 Å². The monoisotopic (exact) mass is 698 g/mol. The van der Waals surface area contributed by atoms with Gasteiger partial charge in [0.25, 0.3) is 0 Å². The molecular formula is C32H35F9N2O5. The Balaban J connectivity index is 1.65. The van der Waals surface area contributed by atoms with Crippen molar-refractivity contribution in [3.8, 4) is 5.75 Å². The lowest BCUT2D eigenvalue weighted by Gasteiger charge is -2.35. The molecule has 16 heteroatoms. The topological polar surface area (TPSA) is 79.3 Å². The number of anilines is 1. The molecule has 0 spiro atoms. The van der Waals surface area contributed by atoms with Crippen molar-refractivity contribution in [1.29, 1.82) is 0 Å². The molecule has 1 heterocycles. The molecule has 2 aromatic rings. The largest absolute Gasteiger partial charge is 0.573 e. The molecule has 0 unspecified atom stereocenters. The zero-order valence-corrected chi connectivity index (χ0v) is 26.0. The van der Waals surface area contributed by atoms with E-state index in [0.29, 0.717) is 50.2 Å². The summed E-state index contributed by atoms with van der Waals surface area (Å²) in [5.41, 5.74) is -3.06. The summed E-state index contributed by atoms with van der Waals surface area (Å²) in [6.45, 7) is 3.81. The molecule has 1 aliphatic carbocycles. The van der Waals surface area contributed by atoms with Crippen LogP contribution in [-0.4, -0.2) is 47.6 Å². The van der Waals surface area contributed by atoms with Gasteiger partial charge in [-0.05, 0) is 98.4 Å². The number of ether oxygens (including phenoxy) is 2. The zero-order chi connectivity index (χ0) is 35.6. The number of amides is 1. The first-order chi connectivity index (χ1) is 22.2. The molecule has 2 fully saturated rings. The van der Waals surface area contributed by atoms with E-state index in [4.69, 9.17) is 9.84 Å². The van der Waals surface area contributed by atoms with Gasteiger partial charge >= 0.3 is 30.8 Å². The normalized spacial score (nSPS) is 22.1. The zero-order valence-electron chi connectivity index (χ0n) is 26.0. The first-order valence-corrected chi connectivity index (χ1v) is 15.4. The molecule has 48 heavy (non-hydrogen) atoms. The van der Waals surface area contributed by atoms with Gasteiger partial charge in [-0.1, -0.05) is 6.92 Å². The van der Waals surface area contributed by atoms with E-state index >= 15 is 0 Å². The molecular weight excluding hydrogens is 663 g/mol. The minimum Gasteiger partial charge on any atom is -0.481 e. The molecule has 0 radical (unpaired) electrons. The van der Waals surface area contributed by atoms with Crippen molar-refractivity contribution in [2.75, 3.05) is 18.0 Å². The van der Waals surface area contributed by atoms with Crippen molar-refractivity contribution in [2.45, 2.75) is 89.8 Å². The molecule has 1 amide bonds. The highest BCUT2D eigenvalue weighted by molar-refractivity contribution is 5.72. The van der Waals surface area contributed by atoms with Gasteiger partial charge < -0.3 is 19.5 Å². The van der Waals surface area contributed by atoms with Gasteiger partial charge in [0.1, 0.15) is 11.9 Å². The SMILES string of the molecule is CCCN(C[C@H]1CC[C@H](CC(=O)O)CC1)c1ccc(OC(F)(F)F)cc1CN1C(=O)O[C@H](c2cc(C(F)(F)F)cc(C(F)(F)F)c2)[C@@H]1C. The Hall–Kier alpha value is -3.85. The van der Waals surface area contributed by atoms with Crippen LogP contribution in [0.5, 0.6) is 5.75 Å². The standard InChI is InChI=1S/C32H35F9N2O5/c1-3-10-42(16-20-6-4-19(5-7-20)11-27(44)45)26-9-8-25(48-32(39,40)41)14-22(26)17-43-18(2)28(47-29(43)46)21-12-23(30(33,34)35)15-24(13-21)31(36,37)38/h8-9,12-15,18-20,28H,3-7,10-11,16-17H2,1-2H3,(H,44,45)/t18-,19-,20-,28-/m0/s1. The predicted molar refractivity (Wildman–Crippen MR) is 154 cm³/mol. The number of nitrogens with zero attached hydrogens (tertiary/aromatic N) is 2. The predicted octanol–water partition coefficient (Wildman–Crippen LogP) is 9.20. The second-order valence-corrected chi connectivity index (χ2v) is 12.3. The van der Waals surface area contributed by atoms with Gasteiger partial charge in [0, 0.05) is 25.2 Å². The lowest BCUT2D eigenvalue weighted by Crippen LogP contribution is -2.35. The van der Waals surface area contributed by atoms with Gasteiger partial charge in [-0.15, -0.1) is 13.2 Å². The van der Waals surface area contributed by atoms with E-state index in [1.807, 2.05) is 11.8 Å². The van der Waals surface area contributed by atoms with Gasteiger partial charge in [0.05, 0.1) is 23.7 Å². The molecule has 7 nitrogen and oxygen atoms in total. The van der Waals surface area contributed by atoms with Crippen LogP contribution in [0.1, 0.15) is 80.7 Å². The van der Waals surface area contributed by atoms with Crippen LogP contribution in [0.15, 0.2) is 36.4 Å². The van der Waals surface area contributed by atoms with Crippen LogP contribution in [0, 0.1) is 11.8 Å². The maximum absolute atomic E-state index is 13.5. The number of carboxylic acids is 1. The Morgan fingerprint density at radius 3 is 2.04 bits per heavy atom. The summed E-state index contributed by atoms with van der Waals surface area (Å²) in [4.78, 5) is 27.2. The van der Waals surface area contributed by atoms with Crippen LogP contribution in [0.4, 0.5) is 50.0 Å². The third-order valence-electron chi connectivity index (χ3n) is 8.70. The fraction of sp³-hybridized carbons (Fsp3) is 0.562. The molecule has 1 N–H and O–H groups in total. The summed E-state index contributed by atoms with van der Waals surface area (Å²) in [5.74, 6) is -1.27. The molecule has 0 aromatic heterocycles. The van der Waals surface area contributed by atoms with Gasteiger partial charge in [0.15, 0.2) is 0 Å². The highest BCUT2D eigenvalue weighted by atomic mass is 19.4. The molecule has 2 atom stereocenters. The number of benzene rings is 2. The van der Waals surface area contributed by atoms with Crippen molar-refractivity contribution in [3.63, 3.8) is 0 Å². The Kier molecular flexibility index (Phi) is 11.0. The molecule has 1 saturated heterocycles. The highest BCUT2D eigenvalue weighted by Crippen LogP contribution is 2.42. The summed E-state index contributed by atoms with van der Waals surface area (Å²) in [7, 11) is 0. The maximum atomic E-state index is 13.5. The quantitative estimate of drug-likeness (QED) is 0.236. The van der Waals surface area contributed by atoms with E-state index in [2.05, 4.69) is 4.74 Å². The second-order valence-electron chi connectivity index (χ2n) is 12.3. The Morgan fingerprint density at radius 1 is 0.938 bits per heavy atom. The average Bonchev–Trinajstić information content (AvgIpc) is 3.24. The second kappa shape index (κ2) is 14.3. The summed E-state index contributed by atoms with van der Waals surface area (Å²) < 4.78 is 130. The van der Waals surface area contributed by atoms with Crippen LogP contribution in [-0.2, 0) is 28.4 Å². The number of cyclic esters (lactones) is 1. The van der Waals surface area contributed by atoms with Crippen LogP contribution in [0.2, 0.25) is 0 Å². The number of hydrogen-bond acceptors (Lipinski definition) is 5. The van der Waals surface area contributed by atoms with Crippen molar-refractivity contribution in [1.82, 2.24) is 4.90 Å². The molecule has 0 bridgehead atoms. The summed E-state index contributed by atoms with van der Waals surface area (Å²) in [6.07, 6.45) is -14.4. The third-order valence-corrected chi connectivity index (χ3v) is 8.70. The first-order valence-electron chi connectivity index (χ1n) is 15.4. The Morgan fingerprint density at radius 2 is 1.52 bits per heavy atom. The lowest BCUT2D eigenvalue weighted by atomic mass is 9.80. The van der Waals surface area contributed by atoms with Crippen molar-refractivity contribution in [3.05, 3.63) is 58.7 Å². The number of aliphatic carboxylic acids is 1. The fourth-order valence-corrected chi connectivity index (χ4v) is 6.44. The van der Waals surface area contributed by atoms with E-state index in [-0.39, 0.29) is 29.9 Å². The lowest BCUT2D eigenvalue weighted by molar-refractivity contribution is -0.274. The van der Waals surface area contributed by atoms with Crippen molar-refractivity contribution in [2.24, 2.45) is 11.8 Å². The van der Waals surface area contributed by atoms with E-state index < -0.39 is 71.9 Å². The highest BCUT2D eigenvalue weighted by Gasteiger charge is 2.44. The molecule has 2 aromatic carbocycles. The van der Waals surface area contributed by atoms with Crippen molar-refractivity contribution >= 4 is 17.7 Å². The first kappa shape index (κ1) is 37.0. The Bertz CT molecular complexity index is 1420. The number of carbonyl (C=O) groups is 2. The number of carboxylic acid groups (broad SMARTS) is 1. The van der Waals surface area contributed by atoms with E-state index in [1.165, 1.54) is 13.0 Å². The van der Waals surface area contributed by atoms with Gasteiger partial charge in [-0.2, -0.15) is 26.3 Å². The number of hydrogen-bond donors (Lipinski definition) is 1. The Labute approximate surface area is 270 Å². The van der Waals surface area contributed by atoms with E-state index in [0.717, 1.165) is 29.9 Å². The summed E-state index contributed by atoms with van der Waals surface area (Å²) in [5, 5.41) is 9.13. The van der Waals surface area contributed by atoms with Crippen molar-refractivity contribution < 1.29 is 63.7 Å². The van der Waals surface area contributed by atoms with E-state index in [9.17, 15) is 49.1 Å². The molecule has 266 valence electrons. The van der Waals surface area contributed by atoms with E-state index in [1.54, 1.807) is 0 Å². The van der Waals surface area contributed by atoms with Crippen LogP contribution in [0.25, 0.3) is 0 Å². The molecule has 2 aliphatic rings. The number of rotatable bonds is 11. The summed E-state index contributed by atoms with van der Waals surface area (Å²) in [6, 6.07) is 3.42. The van der Waals surface area contributed by atoms with Gasteiger partial charge in [-0.25, -0.2) is 4.79 Å². The van der Waals surface area contributed by atoms with Crippen LogP contribution in [0.3, 0.4) is 0 Å². The molecule has 1 saturated carbocycles. The fourth-order valence-electron chi connectivity index (χ4n) is 6.44.